The van der Waals surface area contributed by atoms with Gasteiger partial charge in [-0.15, -0.1) is 0 Å². The number of benzene rings is 1. The van der Waals surface area contributed by atoms with Crippen LogP contribution in [0.4, 0.5) is 0 Å². The van der Waals surface area contributed by atoms with Gasteiger partial charge in [-0.1, -0.05) is 12.1 Å². The third-order valence-electron chi connectivity index (χ3n) is 5.83. The summed E-state index contributed by atoms with van der Waals surface area (Å²) in [4.78, 5) is 19.2. The van der Waals surface area contributed by atoms with Crippen molar-refractivity contribution in [2.45, 2.75) is 58.2 Å². The Hall–Kier alpha value is -2.34. The highest BCUT2D eigenvalue weighted by Gasteiger charge is 2.31. The van der Waals surface area contributed by atoms with Gasteiger partial charge < -0.3 is 20.6 Å². The van der Waals surface area contributed by atoms with Crippen LogP contribution in [-0.2, 0) is 11.3 Å². The number of aromatic hydroxyl groups is 1. The van der Waals surface area contributed by atoms with Crippen molar-refractivity contribution >= 4 is 11.6 Å². The summed E-state index contributed by atoms with van der Waals surface area (Å²) in [6.07, 6.45) is 6.15. The molecule has 6 heteroatoms. The zero-order chi connectivity index (χ0) is 20.1. The second-order valence-corrected chi connectivity index (χ2v) is 7.74. The molecule has 1 amide bonds. The topological polar surface area (TPSA) is 77.0 Å². The van der Waals surface area contributed by atoms with Crippen LogP contribution in [0.2, 0.25) is 0 Å². The van der Waals surface area contributed by atoms with E-state index >= 15 is 0 Å². The number of rotatable bonds is 6. The van der Waals surface area contributed by atoms with Gasteiger partial charge in [0.2, 0.25) is 0 Å². The van der Waals surface area contributed by atoms with Crippen LogP contribution in [0, 0.1) is 6.92 Å². The zero-order valence-electron chi connectivity index (χ0n) is 17.2. The number of carbonyl (C=O) groups is 1. The van der Waals surface area contributed by atoms with Crippen molar-refractivity contribution in [2.75, 3.05) is 20.1 Å². The number of amides is 1. The first-order chi connectivity index (χ1) is 13.5. The van der Waals surface area contributed by atoms with Crippen LogP contribution in [0.25, 0.3) is 0 Å². The Morgan fingerprint density at radius 2 is 2.21 bits per heavy atom. The monoisotopic (exact) mass is 384 g/mol. The summed E-state index contributed by atoms with van der Waals surface area (Å²) in [5.74, 6) is 0.422. The second kappa shape index (κ2) is 9.24. The van der Waals surface area contributed by atoms with E-state index in [1.807, 2.05) is 30.0 Å². The van der Waals surface area contributed by atoms with Crippen LogP contribution in [0.15, 0.2) is 35.0 Å². The predicted octanol–water partition coefficient (Wildman–Crippen LogP) is 2.51. The standard InChI is InChI=1S/C22H32N4O2/c1-4-26(22(28)20-12-18(23-3)14-25-20)19-7-5-6-17(11-19)24-13-16-8-9-21(27)15(2)10-16/h8-10,12,17,19,24-25,27H,4-7,11,13-14H2,1-3H3/b23-18-. The average Bonchev–Trinajstić information content (AvgIpc) is 3.19. The fraction of sp³-hybridized carbons (Fsp3) is 0.545. The van der Waals surface area contributed by atoms with Crippen LogP contribution in [0.3, 0.4) is 0 Å². The molecule has 0 bridgehead atoms. The minimum absolute atomic E-state index is 0.0842. The largest absolute Gasteiger partial charge is 0.508 e. The van der Waals surface area contributed by atoms with E-state index in [0.717, 1.165) is 43.5 Å². The smallest absolute Gasteiger partial charge is 0.270 e. The van der Waals surface area contributed by atoms with Gasteiger partial charge in [0.1, 0.15) is 11.4 Å². The van der Waals surface area contributed by atoms with E-state index in [-0.39, 0.29) is 11.9 Å². The Morgan fingerprint density at radius 1 is 1.39 bits per heavy atom. The average molecular weight is 385 g/mol. The van der Waals surface area contributed by atoms with Gasteiger partial charge in [-0.05, 0) is 62.8 Å². The van der Waals surface area contributed by atoms with Crippen LogP contribution in [0.1, 0.15) is 43.7 Å². The maximum absolute atomic E-state index is 13.0. The molecular formula is C22H32N4O2. The number of hydrogen-bond donors (Lipinski definition) is 3. The number of likely N-dealkylation sites (N-methyl/N-ethyl adjacent to an activating group) is 1. The molecule has 1 aliphatic carbocycles. The quantitative estimate of drug-likeness (QED) is 0.704. The van der Waals surface area contributed by atoms with Crippen molar-refractivity contribution in [1.29, 1.82) is 0 Å². The van der Waals surface area contributed by atoms with Crippen LogP contribution in [-0.4, -0.2) is 53.8 Å². The van der Waals surface area contributed by atoms with Gasteiger partial charge in [0, 0.05) is 32.2 Å². The van der Waals surface area contributed by atoms with Crippen molar-refractivity contribution < 1.29 is 9.90 Å². The molecule has 28 heavy (non-hydrogen) atoms. The molecule has 3 N–H and O–H groups in total. The molecule has 1 aromatic carbocycles. The summed E-state index contributed by atoms with van der Waals surface area (Å²) in [5.41, 5.74) is 3.66. The van der Waals surface area contributed by atoms with E-state index in [0.29, 0.717) is 30.6 Å². The summed E-state index contributed by atoms with van der Waals surface area (Å²) in [6, 6.07) is 6.39. The Bertz CT molecular complexity index is 772. The van der Waals surface area contributed by atoms with E-state index in [1.165, 1.54) is 5.56 Å². The third kappa shape index (κ3) is 4.73. The minimum atomic E-state index is 0.0842. The first kappa shape index (κ1) is 20.4. The number of carbonyl (C=O) groups excluding carboxylic acids is 1. The van der Waals surface area contributed by atoms with Crippen LogP contribution >= 0.6 is 0 Å². The van der Waals surface area contributed by atoms with E-state index in [2.05, 4.69) is 22.5 Å². The maximum atomic E-state index is 13.0. The molecule has 2 atom stereocenters. The summed E-state index contributed by atoms with van der Waals surface area (Å²) in [6.45, 7) is 6.10. The fourth-order valence-electron chi connectivity index (χ4n) is 4.18. The number of phenolic OH excluding ortho intramolecular Hbond substituents is 1. The number of nitrogens with zero attached hydrogens (tertiary/aromatic N) is 2. The molecule has 0 radical (unpaired) electrons. The van der Waals surface area contributed by atoms with Crippen LogP contribution in [0.5, 0.6) is 5.75 Å². The highest BCUT2D eigenvalue weighted by molar-refractivity contribution is 6.08. The number of aliphatic imine (C=N–C) groups is 1. The Morgan fingerprint density at radius 3 is 2.89 bits per heavy atom. The van der Waals surface area contributed by atoms with Gasteiger partial charge in [0.05, 0.1) is 12.3 Å². The van der Waals surface area contributed by atoms with Gasteiger partial charge in [-0.25, -0.2) is 0 Å². The van der Waals surface area contributed by atoms with E-state index < -0.39 is 0 Å². The minimum Gasteiger partial charge on any atom is -0.508 e. The van der Waals surface area contributed by atoms with Gasteiger partial charge in [0.25, 0.3) is 5.91 Å². The molecule has 3 rings (SSSR count). The molecule has 0 saturated heterocycles. The first-order valence-electron chi connectivity index (χ1n) is 10.3. The van der Waals surface area contributed by atoms with Crippen molar-refractivity contribution in [3.8, 4) is 5.75 Å². The highest BCUT2D eigenvalue weighted by Crippen LogP contribution is 2.25. The fourth-order valence-corrected chi connectivity index (χ4v) is 4.18. The van der Waals surface area contributed by atoms with E-state index in [1.54, 1.807) is 13.1 Å². The zero-order valence-corrected chi connectivity index (χ0v) is 17.2. The number of phenols is 1. The molecule has 1 aliphatic heterocycles. The molecule has 6 nitrogen and oxygen atoms in total. The Kier molecular flexibility index (Phi) is 6.73. The molecular weight excluding hydrogens is 352 g/mol. The highest BCUT2D eigenvalue weighted by atomic mass is 16.3. The SMILES string of the molecule is CCN(C(=O)C1=C/C(=N/C)CN1)C1CCCC(NCc2ccc(O)c(C)c2)C1. The molecule has 2 aliphatic rings. The molecule has 152 valence electrons. The summed E-state index contributed by atoms with van der Waals surface area (Å²) < 4.78 is 0. The molecule has 0 aromatic heterocycles. The molecule has 1 aromatic rings. The lowest BCUT2D eigenvalue weighted by molar-refractivity contribution is -0.130. The number of hydrogen-bond acceptors (Lipinski definition) is 5. The third-order valence-corrected chi connectivity index (χ3v) is 5.83. The lowest BCUT2D eigenvalue weighted by atomic mass is 9.89. The van der Waals surface area contributed by atoms with Gasteiger partial charge in [0.15, 0.2) is 0 Å². The molecule has 1 heterocycles. The molecule has 2 unspecified atom stereocenters. The van der Waals surface area contributed by atoms with Crippen molar-refractivity contribution in [3.05, 3.63) is 41.1 Å². The Balaban J connectivity index is 1.59. The first-order valence-corrected chi connectivity index (χ1v) is 10.3. The van der Waals surface area contributed by atoms with Gasteiger partial charge in [-0.2, -0.15) is 0 Å². The Labute approximate surface area is 167 Å². The summed E-state index contributed by atoms with van der Waals surface area (Å²) in [7, 11) is 1.76. The summed E-state index contributed by atoms with van der Waals surface area (Å²) in [5, 5.41) is 16.5. The van der Waals surface area contributed by atoms with Gasteiger partial charge >= 0.3 is 0 Å². The van der Waals surface area contributed by atoms with Crippen molar-refractivity contribution in [2.24, 2.45) is 4.99 Å². The molecule has 1 saturated carbocycles. The summed E-state index contributed by atoms with van der Waals surface area (Å²) >= 11 is 0. The van der Waals surface area contributed by atoms with Crippen molar-refractivity contribution in [3.63, 3.8) is 0 Å². The van der Waals surface area contributed by atoms with E-state index in [4.69, 9.17) is 0 Å². The van der Waals surface area contributed by atoms with Crippen molar-refractivity contribution in [1.82, 2.24) is 15.5 Å². The normalized spacial score (nSPS) is 23.4. The second-order valence-electron chi connectivity index (χ2n) is 7.74. The molecule has 1 fully saturated rings. The maximum Gasteiger partial charge on any atom is 0.270 e. The number of nitrogens with one attached hydrogen (secondary N) is 2. The predicted molar refractivity (Wildman–Crippen MR) is 113 cm³/mol. The van der Waals surface area contributed by atoms with Crippen LogP contribution < -0.4 is 10.6 Å². The number of aryl methyl sites for hydroxylation is 1. The van der Waals surface area contributed by atoms with E-state index in [9.17, 15) is 9.90 Å². The lowest BCUT2D eigenvalue weighted by Gasteiger charge is -2.37. The lowest BCUT2D eigenvalue weighted by Crippen LogP contribution is -2.48. The van der Waals surface area contributed by atoms with Gasteiger partial charge in [-0.3, -0.25) is 9.79 Å². The molecule has 0 spiro atoms.